The van der Waals surface area contributed by atoms with Gasteiger partial charge >= 0.3 is 5.97 Å². The fraction of sp³-hybridized carbons (Fsp3) is 0.364. The molecule has 0 saturated heterocycles. The largest absolute Gasteiger partial charge is 0.506 e. The van der Waals surface area contributed by atoms with Crippen molar-refractivity contribution >= 4 is 29.2 Å². The Hall–Kier alpha value is -0.970. The lowest BCUT2D eigenvalue weighted by atomic mass is 10.1. The van der Waals surface area contributed by atoms with E-state index in [1.54, 1.807) is 6.92 Å². The zero-order chi connectivity index (χ0) is 13.0. The Morgan fingerprint density at radius 2 is 2.18 bits per heavy atom. The van der Waals surface area contributed by atoms with Gasteiger partial charge in [-0.15, -0.1) is 0 Å². The van der Waals surface area contributed by atoms with E-state index in [4.69, 9.17) is 33.7 Å². The smallest absolute Gasteiger partial charge is 0.323 e. The standard InChI is InChI=1S/C11H13Cl2NO3/c1-2-17-11(16)9(14)4-6-3-7(12)5-8(13)10(6)15/h3,5,9,15H,2,4,14H2,1H3. The Labute approximate surface area is 109 Å². The molecule has 1 atom stereocenters. The average Bonchev–Trinajstić information content (AvgIpc) is 2.25. The predicted octanol–water partition coefficient (Wildman–Crippen LogP) is 2.13. The summed E-state index contributed by atoms with van der Waals surface area (Å²) in [5.74, 6) is -0.640. The Bertz CT molecular complexity index is 423. The first-order valence-electron chi connectivity index (χ1n) is 5.04. The molecule has 0 radical (unpaired) electrons. The molecule has 0 saturated carbocycles. The van der Waals surface area contributed by atoms with Crippen LogP contribution in [0, 0.1) is 0 Å². The summed E-state index contributed by atoms with van der Waals surface area (Å²) in [7, 11) is 0. The van der Waals surface area contributed by atoms with Gasteiger partial charge in [-0.05, 0) is 24.6 Å². The van der Waals surface area contributed by atoms with Crippen molar-refractivity contribution in [3.8, 4) is 5.75 Å². The molecule has 0 bridgehead atoms. The van der Waals surface area contributed by atoms with Crippen LogP contribution in [-0.4, -0.2) is 23.7 Å². The highest BCUT2D eigenvalue weighted by atomic mass is 35.5. The van der Waals surface area contributed by atoms with Crippen molar-refractivity contribution in [2.24, 2.45) is 5.73 Å². The van der Waals surface area contributed by atoms with Crippen molar-refractivity contribution in [3.63, 3.8) is 0 Å². The summed E-state index contributed by atoms with van der Waals surface area (Å²) in [4.78, 5) is 11.3. The van der Waals surface area contributed by atoms with Gasteiger partial charge in [0, 0.05) is 11.4 Å². The molecule has 0 aliphatic rings. The molecule has 17 heavy (non-hydrogen) atoms. The van der Waals surface area contributed by atoms with Gasteiger partial charge in [0.15, 0.2) is 0 Å². The van der Waals surface area contributed by atoms with Crippen molar-refractivity contribution in [1.82, 2.24) is 0 Å². The highest BCUT2D eigenvalue weighted by molar-refractivity contribution is 6.35. The number of hydrogen-bond donors (Lipinski definition) is 2. The lowest BCUT2D eigenvalue weighted by Crippen LogP contribution is -2.34. The molecule has 0 heterocycles. The second-order valence-electron chi connectivity index (χ2n) is 3.46. The maximum atomic E-state index is 11.3. The molecule has 94 valence electrons. The maximum Gasteiger partial charge on any atom is 0.323 e. The predicted molar refractivity (Wildman–Crippen MR) is 66.4 cm³/mol. The number of rotatable bonds is 4. The molecular weight excluding hydrogens is 265 g/mol. The molecule has 4 nitrogen and oxygen atoms in total. The van der Waals surface area contributed by atoms with Crippen molar-refractivity contribution in [3.05, 3.63) is 27.7 Å². The second kappa shape index (κ2) is 6.10. The van der Waals surface area contributed by atoms with Gasteiger partial charge in [-0.3, -0.25) is 4.79 Å². The first-order chi connectivity index (χ1) is 7.95. The minimum atomic E-state index is -0.851. The highest BCUT2D eigenvalue weighted by Gasteiger charge is 2.18. The molecule has 3 N–H and O–H groups in total. The lowest BCUT2D eigenvalue weighted by molar-refractivity contribution is -0.144. The van der Waals surface area contributed by atoms with Gasteiger partial charge in [-0.2, -0.15) is 0 Å². The van der Waals surface area contributed by atoms with Crippen LogP contribution in [0.4, 0.5) is 0 Å². The van der Waals surface area contributed by atoms with E-state index in [1.165, 1.54) is 12.1 Å². The maximum absolute atomic E-state index is 11.3. The van der Waals surface area contributed by atoms with Crippen molar-refractivity contribution in [2.75, 3.05) is 6.61 Å². The van der Waals surface area contributed by atoms with Crippen molar-refractivity contribution in [1.29, 1.82) is 0 Å². The quantitative estimate of drug-likeness (QED) is 0.827. The SMILES string of the molecule is CCOC(=O)C(N)Cc1cc(Cl)cc(Cl)c1O. The molecule has 1 aromatic rings. The van der Waals surface area contributed by atoms with Crippen LogP contribution in [0.25, 0.3) is 0 Å². The van der Waals surface area contributed by atoms with Gasteiger partial charge in [0.2, 0.25) is 0 Å². The summed E-state index contributed by atoms with van der Waals surface area (Å²) in [6.07, 6.45) is 0.116. The molecule has 0 spiro atoms. The number of phenols is 1. The number of nitrogens with two attached hydrogens (primary N) is 1. The van der Waals surface area contributed by atoms with E-state index < -0.39 is 12.0 Å². The van der Waals surface area contributed by atoms with E-state index in [2.05, 4.69) is 0 Å². The number of phenolic OH excluding ortho intramolecular Hbond substituents is 1. The van der Waals surface area contributed by atoms with E-state index in [-0.39, 0.29) is 23.8 Å². The zero-order valence-corrected chi connectivity index (χ0v) is 10.8. The molecule has 1 unspecified atom stereocenters. The summed E-state index contributed by atoms with van der Waals surface area (Å²) in [5, 5.41) is 10.2. The van der Waals surface area contributed by atoms with Crippen LogP contribution in [0.2, 0.25) is 10.0 Å². The third-order valence-corrected chi connectivity index (χ3v) is 2.64. The highest BCUT2D eigenvalue weighted by Crippen LogP contribution is 2.31. The zero-order valence-electron chi connectivity index (χ0n) is 9.24. The normalized spacial score (nSPS) is 12.2. The van der Waals surface area contributed by atoms with Gasteiger partial charge in [-0.1, -0.05) is 23.2 Å². The van der Waals surface area contributed by atoms with Crippen LogP contribution in [0.15, 0.2) is 12.1 Å². The summed E-state index contributed by atoms with van der Waals surface area (Å²) in [5.41, 5.74) is 6.05. The van der Waals surface area contributed by atoms with Gasteiger partial charge in [0.25, 0.3) is 0 Å². The van der Waals surface area contributed by atoms with Gasteiger partial charge in [0.1, 0.15) is 11.8 Å². The Balaban J connectivity index is 2.84. The van der Waals surface area contributed by atoms with E-state index in [0.29, 0.717) is 10.6 Å². The van der Waals surface area contributed by atoms with Crippen LogP contribution >= 0.6 is 23.2 Å². The van der Waals surface area contributed by atoms with Crippen LogP contribution in [0.5, 0.6) is 5.75 Å². The van der Waals surface area contributed by atoms with E-state index in [1.807, 2.05) is 0 Å². The number of carbonyl (C=O) groups excluding carboxylic acids is 1. The Morgan fingerprint density at radius 3 is 2.76 bits per heavy atom. The number of benzene rings is 1. The van der Waals surface area contributed by atoms with Crippen LogP contribution in [-0.2, 0) is 16.0 Å². The fourth-order valence-electron chi connectivity index (χ4n) is 1.34. The fourth-order valence-corrected chi connectivity index (χ4v) is 1.88. The van der Waals surface area contributed by atoms with Gasteiger partial charge in [0.05, 0.1) is 11.6 Å². The summed E-state index contributed by atoms with van der Waals surface area (Å²) in [6, 6.07) is 2.08. The molecule has 6 heteroatoms. The van der Waals surface area contributed by atoms with Crippen LogP contribution < -0.4 is 5.73 Å². The minimum absolute atomic E-state index is 0.115. The van der Waals surface area contributed by atoms with Gasteiger partial charge in [-0.25, -0.2) is 0 Å². The van der Waals surface area contributed by atoms with Crippen LogP contribution in [0.1, 0.15) is 12.5 Å². The number of aromatic hydroxyl groups is 1. The number of carbonyl (C=O) groups is 1. The van der Waals surface area contributed by atoms with E-state index in [0.717, 1.165) is 0 Å². The molecule has 1 aromatic carbocycles. The number of ether oxygens (including phenoxy) is 1. The summed E-state index contributed by atoms with van der Waals surface area (Å²) < 4.78 is 4.76. The molecule has 0 amide bonds. The molecule has 1 rings (SSSR count). The average molecular weight is 278 g/mol. The first kappa shape index (κ1) is 14.1. The monoisotopic (exact) mass is 277 g/mol. The minimum Gasteiger partial charge on any atom is -0.506 e. The third-order valence-electron chi connectivity index (χ3n) is 2.14. The summed E-state index contributed by atoms with van der Waals surface area (Å²) in [6.45, 7) is 1.95. The van der Waals surface area contributed by atoms with Crippen molar-refractivity contribution in [2.45, 2.75) is 19.4 Å². The molecule has 0 aliphatic carbocycles. The van der Waals surface area contributed by atoms with E-state index in [9.17, 15) is 9.90 Å². The Kier molecular flexibility index (Phi) is 5.05. The molecule has 0 aromatic heterocycles. The third kappa shape index (κ3) is 3.77. The molecule has 0 aliphatic heterocycles. The lowest BCUT2D eigenvalue weighted by Gasteiger charge is -2.12. The van der Waals surface area contributed by atoms with Crippen molar-refractivity contribution < 1.29 is 14.6 Å². The summed E-state index contributed by atoms with van der Waals surface area (Å²) >= 11 is 11.5. The van der Waals surface area contributed by atoms with Crippen LogP contribution in [0.3, 0.4) is 0 Å². The second-order valence-corrected chi connectivity index (χ2v) is 4.30. The van der Waals surface area contributed by atoms with E-state index >= 15 is 0 Å². The first-order valence-corrected chi connectivity index (χ1v) is 5.80. The molecule has 0 fully saturated rings. The molecular formula is C11H13Cl2NO3. The topological polar surface area (TPSA) is 72.5 Å². The number of esters is 1. The van der Waals surface area contributed by atoms with Gasteiger partial charge < -0.3 is 15.6 Å². The number of hydrogen-bond acceptors (Lipinski definition) is 4. The number of halogens is 2. The Morgan fingerprint density at radius 1 is 1.53 bits per heavy atom.